The van der Waals surface area contributed by atoms with Gasteiger partial charge in [0.25, 0.3) is 5.91 Å². The molecular weight excluding hydrogens is 335 g/mol. The van der Waals surface area contributed by atoms with Crippen LogP contribution < -0.4 is 5.32 Å². The summed E-state index contributed by atoms with van der Waals surface area (Å²) in [6.45, 7) is 0.511. The van der Waals surface area contributed by atoms with Gasteiger partial charge in [0.05, 0.1) is 5.56 Å². The van der Waals surface area contributed by atoms with E-state index in [2.05, 4.69) is 21.2 Å². The van der Waals surface area contributed by atoms with Gasteiger partial charge in [-0.05, 0) is 43.4 Å². The molecule has 1 aliphatic rings. The van der Waals surface area contributed by atoms with Crippen molar-refractivity contribution < 1.29 is 18.0 Å². The first kappa shape index (κ1) is 15.4. The fourth-order valence-corrected chi connectivity index (χ4v) is 3.17. The average molecular weight is 350 g/mol. The van der Waals surface area contributed by atoms with Crippen molar-refractivity contribution in [1.82, 2.24) is 5.32 Å². The van der Waals surface area contributed by atoms with Gasteiger partial charge in [-0.2, -0.15) is 13.2 Å². The number of rotatable bonds is 3. The van der Waals surface area contributed by atoms with E-state index >= 15 is 0 Å². The van der Waals surface area contributed by atoms with Crippen molar-refractivity contribution >= 4 is 21.8 Å². The molecule has 2 nitrogen and oxygen atoms in total. The predicted molar refractivity (Wildman–Crippen MR) is 73.8 cm³/mol. The van der Waals surface area contributed by atoms with Crippen LogP contribution in [0.1, 0.15) is 35.2 Å². The zero-order chi connectivity index (χ0) is 14.8. The molecule has 0 aliphatic heterocycles. The molecule has 1 N–H and O–H groups in total. The van der Waals surface area contributed by atoms with Crippen LogP contribution in [0.15, 0.2) is 24.3 Å². The lowest BCUT2D eigenvalue weighted by molar-refractivity contribution is -0.137. The van der Waals surface area contributed by atoms with E-state index in [9.17, 15) is 18.0 Å². The molecule has 0 bridgehead atoms. The Labute approximate surface area is 123 Å². The van der Waals surface area contributed by atoms with Crippen LogP contribution >= 0.6 is 15.9 Å². The van der Waals surface area contributed by atoms with E-state index in [0.717, 1.165) is 31.4 Å². The Balaban J connectivity index is 1.95. The SMILES string of the molecule is O=C(NCC1CCC(Br)C1)c1cccc(C(F)(F)F)c1. The van der Waals surface area contributed by atoms with Crippen molar-refractivity contribution in [2.45, 2.75) is 30.3 Å². The van der Waals surface area contributed by atoms with Crippen LogP contribution in [0, 0.1) is 5.92 Å². The molecule has 20 heavy (non-hydrogen) atoms. The first-order valence-corrected chi connectivity index (χ1v) is 7.37. The lowest BCUT2D eigenvalue weighted by atomic mass is 10.1. The number of hydrogen-bond donors (Lipinski definition) is 1. The molecule has 1 fully saturated rings. The maximum absolute atomic E-state index is 12.6. The standard InChI is InChI=1S/C14H15BrF3NO/c15-12-5-4-9(6-12)8-19-13(20)10-2-1-3-11(7-10)14(16,17)18/h1-3,7,9,12H,4-6,8H2,(H,19,20). The van der Waals surface area contributed by atoms with Gasteiger partial charge in [0.1, 0.15) is 0 Å². The topological polar surface area (TPSA) is 29.1 Å². The van der Waals surface area contributed by atoms with E-state index in [4.69, 9.17) is 0 Å². The molecule has 0 heterocycles. The number of carbonyl (C=O) groups excluding carboxylic acids is 1. The van der Waals surface area contributed by atoms with Crippen molar-refractivity contribution in [3.63, 3.8) is 0 Å². The van der Waals surface area contributed by atoms with Gasteiger partial charge >= 0.3 is 6.18 Å². The molecule has 1 aliphatic carbocycles. The van der Waals surface area contributed by atoms with Crippen molar-refractivity contribution in [1.29, 1.82) is 0 Å². The van der Waals surface area contributed by atoms with Crippen LogP contribution in [-0.4, -0.2) is 17.3 Å². The zero-order valence-electron chi connectivity index (χ0n) is 10.7. The third kappa shape index (κ3) is 3.98. The van der Waals surface area contributed by atoms with Crippen molar-refractivity contribution in [2.75, 3.05) is 6.54 Å². The summed E-state index contributed by atoms with van der Waals surface area (Å²) in [7, 11) is 0. The summed E-state index contributed by atoms with van der Waals surface area (Å²) in [5, 5.41) is 2.71. The van der Waals surface area contributed by atoms with Crippen molar-refractivity contribution in [2.24, 2.45) is 5.92 Å². The number of hydrogen-bond acceptors (Lipinski definition) is 1. The molecule has 6 heteroatoms. The van der Waals surface area contributed by atoms with Crippen LogP contribution in [0.5, 0.6) is 0 Å². The van der Waals surface area contributed by atoms with Gasteiger partial charge in [0, 0.05) is 16.9 Å². The second-order valence-electron chi connectivity index (χ2n) is 5.06. The Bertz CT molecular complexity index is 490. The van der Waals surface area contributed by atoms with E-state index in [1.54, 1.807) is 0 Å². The third-order valence-electron chi connectivity index (χ3n) is 3.48. The quantitative estimate of drug-likeness (QED) is 0.821. The summed E-state index contributed by atoms with van der Waals surface area (Å²) in [5.74, 6) is -0.0525. The second-order valence-corrected chi connectivity index (χ2v) is 6.36. The number of halogens is 4. The highest BCUT2D eigenvalue weighted by molar-refractivity contribution is 9.09. The first-order chi connectivity index (χ1) is 9.36. The number of benzene rings is 1. The van der Waals surface area contributed by atoms with Crippen LogP contribution in [0.4, 0.5) is 13.2 Å². The Hall–Kier alpha value is -1.04. The van der Waals surface area contributed by atoms with E-state index in [1.165, 1.54) is 12.1 Å². The molecule has 0 radical (unpaired) electrons. The number of amides is 1. The number of alkyl halides is 4. The highest BCUT2D eigenvalue weighted by atomic mass is 79.9. The third-order valence-corrected chi connectivity index (χ3v) is 4.31. The number of nitrogens with one attached hydrogen (secondary N) is 1. The highest BCUT2D eigenvalue weighted by Gasteiger charge is 2.31. The molecule has 0 saturated heterocycles. The molecule has 1 aromatic rings. The van der Waals surface area contributed by atoms with Crippen LogP contribution in [0.3, 0.4) is 0 Å². The van der Waals surface area contributed by atoms with Gasteiger partial charge in [0.2, 0.25) is 0 Å². The minimum absolute atomic E-state index is 0.0493. The van der Waals surface area contributed by atoms with Gasteiger partial charge in [-0.3, -0.25) is 4.79 Å². The van der Waals surface area contributed by atoms with Gasteiger partial charge in [-0.1, -0.05) is 22.0 Å². The average Bonchev–Trinajstić information content (AvgIpc) is 2.81. The smallest absolute Gasteiger partial charge is 0.352 e. The maximum atomic E-state index is 12.6. The van der Waals surface area contributed by atoms with Gasteiger partial charge in [-0.25, -0.2) is 0 Å². The fraction of sp³-hybridized carbons (Fsp3) is 0.500. The van der Waals surface area contributed by atoms with Crippen LogP contribution in [0.2, 0.25) is 0 Å². The molecule has 110 valence electrons. The fourth-order valence-electron chi connectivity index (χ4n) is 2.38. The highest BCUT2D eigenvalue weighted by Crippen LogP contribution is 2.31. The minimum Gasteiger partial charge on any atom is -0.352 e. The van der Waals surface area contributed by atoms with E-state index in [1.807, 2.05) is 0 Å². The number of carbonyl (C=O) groups is 1. The molecule has 2 rings (SSSR count). The Kier molecular flexibility index (Phi) is 4.73. The summed E-state index contributed by atoms with van der Waals surface area (Å²) in [4.78, 5) is 12.4. The van der Waals surface area contributed by atoms with Crippen LogP contribution in [0.25, 0.3) is 0 Å². The summed E-state index contributed by atoms with van der Waals surface area (Å²) in [6, 6.07) is 4.49. The van der Waals surface area contributed by atoms with E-state index < -0.39 is 17.6 Å². The van der Waals surface area contributed by atoms with Gasteiger partial charge in [0.15, 0.2) is 0 Å². The Morgan fingerprint density at radius 1 is 1.35 bits per heavy atom. The summed E-state index contributed by atoms with van der Waals surface area (Å²) >= 11 is 3.52. The lowest BCUT2D eigenvalue weighted by Gasteiger charge is -2.12. The zero-order valence-corrected chi connectivity index (χ0v) is 12.3. The monoisotopic (exact) mass is 349 g/mol. The molecule has 1 saturated carbocycles. The van der Waals surface area contributed by atoms with E-state index in [-0.39, 0.29) is 5.56 Å². The lowest BCUT2D eigenvalue weighted by Crippen LogP contribution is -2.28. The van der Waals surface area contributed by atoms with Crippen LogP contribution in [-0.2, 0) is 6.18 Å². The normalized spacial score (nSPS) is 22.8. The largest absolute Gasteiger partial charge is 0.416 e. The van der Waals surface area contributed by atoms with Gasteiger partial charge in [-0.15, -0.1) is 0 Å². The summed E-state index contributed by atoms with van der Waals surface area (Å²) in [5.41, 5.74) is -0.750. The molecule has 0 aromatic heterocycles. The molecular formula is C14H15BrF3NO. The maximum Gasteiger partial charge on any atom is 0.416 e. The van der Waals surface area contributed by atoms with E-state index in [0.29, 0.717) is 17.3 Å². The molecule has 2 atom stereocenters. The Morgan fingerprint density at radius 2 is 2.10 bits per heavy atom. The summed E-state index contributed by atoms with van der Waals surface area (Å²) < 4.78 is 37.7. The second kappa shape index (κ2) is 6.16. The summed E-state index contributed by atoms with van der Waals surface area (Å²) in [6.07, 6.45) is -1.34. The molecule has 1 amide bonds. The minimum atomic E-state index is -4.43. The molecule has 2 unspecified atom stereocenters. The van der Waals surface area contributed by atoms with Crippen molar-refractivity contribution in [3.8, 4) is 0 Å². The van der Waals surface area contributed by atoms with Crippen molar-refractivity contribution in [3.05, 3.63) is 35.4 Å². The van der Waals surface area contributed by atoms with Gasteiger partial charge < -0.3 is 5.32 Å². The Morgan fingerprint density at radius 3 is 2.70 bits per heavy atom. The molecule has 1 aromatic carbocycles. The predicted octanol–water partition coefficient (Wildman–Crippen LogP) is 4.00. The first-order valence-electron chi connectivity index (χ1n) is 6.46. The molecule has 0 spiro atoms.